The van der Waals surface area contributed by atoms with Crippen LogP contribution < -0.4 is 11.1 Å². The van der Waals surface area contributed by atoms with Crippen LogP contribution in [0.3, 0.4) is 0 Å². The third-order valence-electron chi connectivity index (χ3n) is 5.60. The van der Waals surface area contributed by atoms with Gasteiger partial charge in [0.2, 0.25) is 5.95 Å². The molecule has 1 aliphatic rings. The Labute approximate surface area is 188 Å². The number of H-pyrrole nitrogens is 1. The fourth-order valence-corrected chi connectivity index (χ4v) is 3.99. The van der Waals surface area contributed by atoms with E-state index in [0.717, 1.165) is 27.6 Å². The lowest BCUT2D eigenvalue weighted by Gasteiger charge is -2.15. The van der Waals surface area contributed by atoms with E-state index in [4.69, 9.17) is 5.73 Å². The van der Waals surface area contributed by atoms with Gasteiger partial charge in [-0.2, -0.15) is 5.10 Å². The van der Waals surface area contributed by atoms with Gasteiger partial charge in [-0.05, 0) is 29.3 Å². The summed E-state index contributed by atoms with van der Waals surface area (Å²) in [5.41, 5.74) is 11.0. The first kappa shape index (κ1) is 21.0. The average Bonchev–Trinajstić information content (AvgIpc) is 3.37. The Kier molecular flexibility index (Phi) is 5.21. The van der Waals surface area contributed by atoms with E-state index in [-0.39, 0.29) is 18.9 Å². The van der Waals surface area contributed by atoms with Crippen LogP contribution in [0.2, 0.25) is 0 Å². The van der Waals surface area contributed by atoms with Crippen molar-refractivity contribution in [1.82, 2.24) is 30.0 Å². The standard InChI is InChI=1S/C23H22F2N8/c1-14(30-18-10-28-22(26)29-11-18)21-19-7-16(2-3-20(19)31-32-21)17-6-15(8-27-9-17)12-33-5-4-23(24,25)13-33/h2-3,6-11,30H,1,4-5,12-13H2,(H,31,32)(H2,26,28,29). The lowest BCUT2D eigenvalue weighted by Crippen LogP contribution is -2.24. The number of halogens is 2. The SMILES string of the molecule is C=C(Nc1cnc(N)nc1)c1n[nH]c2ccc(-c3cncc(CN4CCC(F)(F)C4)c3)cc12. The summed E-state index contributed by atoms with van der Waals surface area (Å²) in [5, 5.41) is 11.4. The molecule has 1 aromatic carbocycles. The molecule has 10 heteroatoms. The van der Waals surface area contributed by atoms with Crippen molar-refractivity contribution in [2.45, 2.75) is 18.9 Å². The molecule has 168 valence electrons. The number of alkyl halides is 2. The highest BCUT2D eigenvalue weighted by Gasteiger charge is 2.37. The number of benzene rings is 1. The number of fused-ring (bicyclic) bond motifs is 1. The molecule has 4 N–H and O–H groups in total. The molecule has 0 unspecified atom stereocenters. The van der Waals surface area contributed by atoms with Crippen molar-refractivity contribution in [2.24, 2.45) is 0 Å². The number of aromatic nitrogens is 5. The maximum absolute atomic E-state index is 13.5. The summed E-state index contributed by atoms with van der Waals surface area (Å²) in [7, 11) is 0. The van der Waals surface area contributed by atoms with Crippen LogP contribution in [-0.2, 0) is 6.54 Å². The largest absolute Gasteiger partial charge is 0.368 e. The first-order chi connectivity index (χ1) is 15.9. The van der Waals surface area contributed by atoms with Crippen molar-refractivity contribution in [2.75, 3.05) is 24.1 Å². The van der Waals surface area contributed by atoms with Gasteiger partial charge in [0.15, 0.2) is 0 Å². The minimum Gasteiger partial charge on any atom is -0.368 e. The van der Waals surface area contributed by atoms with Gasteiger partial charge >= 0.3 is 0 Å². The summed E-state index contributed by atoms with van der Waals surface area (Å²) in [4.78, 5) is 14.0. The number of hydrogen-bond donors (Lipinski definition) is 3. The number of likely N-dealkylation sites (tertiary alicyclic amines) is 1. The normalized spacial score (nSPS) is 15.7. The molecule has 8 nitrogen and oxygen atoms in total. The molecule has 3 aromatic heterocycles. The molecular weight excluding hydrogens is 426 g/mol. The molecule has 0 amide bonds. The zero-order valence-corrected chi connectivity index (χ0v) is 17.7. The highest BCUT2D eigenvalue weighted by atomic mass is 19.3. The van der Waals surface area contributed by atoms with Crippen molar-refractivity contribution in [3.63, 3.8) is 0 Å². The van der Waals surface area contributed by atoms with E-state index in [2.05, 4.69) is 37.0 Å². The summed E-state index contributed by atoms with van der Waals surface area (Å²) >= 11 is 0. The third kappa shape index (κ3) is 4.51. The van der Waals surface area contributed by atoms with E-state index in [1.54, 1.807) is 29.7 Å². The van der Waals surface area contributed by atoms with E-state index in [1.165, 1.54) is 0 Å². The molecule has 1 aliphatic heterocycles. The number of anilines is 2. The summed E-state index contributed by atoms with van der Waals surface area (Å²) < 4.78 is 27.1. The molecule has 0 bridgehead atoms. The monoisotopic (exact) mass is 448 g/mol. The maximum atomic E-state index is 13.5. The molecule has 1 fully saturated rings. The van der Waals surface area contributed by atoms with Gasteiger partial charge in [0.05, 0.1) is 35.8 Å². The second kappa shape index (κ2) is 8.21. The van der Waals surface area contributed by atoms with E-state index < -0.39 is 5.92 Å². The quantitative estimate of drug-likeness (QED) is 0.410. The Bertz CT molecular complexity index is 1320. The van der Waals surface area contributed by atoms with Crippen LogP contribution in [-0.4, -0.2) is 49.1 Å². The zero-order chi connectivity index (χ0) is 23.0. The summed E-state index contributed by atoms with van der Waals surface area (Å²) in [6.07, 6.45) is 6.53. The predicted molar refractivity (Wildman–Crippen MR) is 123 cm³/mol. The number of hydrogen-bond acceptors (Lipinski definition) is 7. The van der Waals surface area contributed by atoms with Crippen LogP contribution in [0.15, 0.2) is 55.6 Å². The van der Waals surface area contributed by atoms with E-state index in [0.29, 0.717) is 30.2 Å². The Morgan fingerprint density at radius 1 is 1.15 bits per heavy atom. The lowest BCUT2D eigenvalue weighted by molar-refractivity contribution is 0.0115. The van der Waals surface area contributed by atoms with Gasteiger partial charge < -0.3 is 11.1 Å². The Hall–Kier alpha value is -3.92. The number of nitrogens with one attached hydrogen (secondary N) is 2. The van der Waals surface area contributed by atoms with Crippen LogP contribution in [0, 0.1) is 0 Å². The second-order valence-electron chi connectivity index (χ2n) is 8.16. The third-order valence-corrected chi connectivity index (χ3v) is 5.60. The van der Waals surface area contributed by atoms with Crippen LogP contribution >= 0.6 is 0 Å². The van der Waals surface area contributed by atoms with Crippen molar-refractivity contribution in [3.05, 3.63) is 66.9 Å². The number of nitrogens with two attached hydrogens (primary N) is 1. The van der Waals surface area contributed by atoms with Gasteiger partial charge in [-0.3, -0.25) is 15.0 Å². The Morgan fingerprint density at radius 3 is 2.73 bits per heavy atom. The summed E-state index contributed by atoms with van der Waals surface area (Å²) in [5.74, 6) is -2.42. The summed E-state index contributed by atoms with van der Waals surface area (Å²) in [6.45, 7) is 4.71. The zero-order valence-electron chi connectivity index (χ0n) is 17.7. The van der Waals surface area contributed by atoms with Crippen molar-refractivity contribution < 1.29 is 8.78 Å². The highest BCUT2D eigenvalue weighted by Crippen LogP contribution is 2.30. The van der Waals surface area contributed by atoms with Crippen LogP contribution in [0.1, 0.15) is 17.7 Å². The average molecular weight is 448 g/mol. The van der Waals surface area contributed by atoms with E-state index in [9.17, 15) is 8.78 Å². The topological polar surface area (TPSA) is 109 Å². The molecule has 4 aromatic rings. The first-order valence-corrected chi connectivity index (χ1v) is 10.4. The number of aromatic amines is 1. The number of pyridine rings is 1. The number of nitrogens with zero attached hydrogens (tertiary/aromatic N) is 5. The fraction of sp³-hybridized carbons (Fsp3) is 0.217. The fourth-order valence-electron chi connectivity index (χ4n) is 3.99. The van der Waals surface area contributed by atoms with Gasteiger partial charge in [0.25, 0.3) is 5.92 Å². The highest BCUT2D eigenvalue weighted by molar-refractivity contribution is 5.94. The van der Waals surface area contributed by atoms with Crippen molar-refractivity contribution >= 4 is 28.2 Å². The lowest BCUT2D eigenvalue weighted by atomic mass is 10.0. The molecular formula is C23H22F2N8. The van der Waals surface area contributed by atoms with Crippen LogP contribution in [0.4, 0.5) is 20.4 Å². The molecule has 0 spiro atoms. The Balaban J connectivity index is 1.39. The molecule has 0 saturated carbocycles. The van der Waals surface area contributed by atoms with Crippen molar-refractivity contribution in [3.8, 4) is 11.1 Å². The molecule has 1 saturated heterocycles. The maximum Gasteiger partial charge on any atom is 0.261 e. The van der Waals surface area contributed by atoms with E-state index in [1.807, 2.05) is 24.3 Å². The molecule has 33 heavy (non-hydrogen) atoms. The van der Waals surface area contributed by atoms with Gasteiger partial charge in [-0.1, -0.05) is 12.6 Å². The van der Waals surface area contributed by atoms with Crippen LogP contribution in [0.25, 0.3) is 27.7 Å². The minimum atomic E-state index is -2.61. The van der Waals surface area contributed by atoms with Gasteiger partial charge in [0.1, 0.15) is 5.69 Å². The van der Waals surface area contributed by atoms with Gasteiger partial charge in [0, 0.05) is 42.9 Å². The number of rotatable bonds is 6. The van der Waals surface area contributed by atoms with Crippen LogP contribution in [0.5, 0.6) is 0 Å². The number of nitrogen functional groups attached to an aromatic ring is 1. The predicted octanol–water partition coefficient (Wildman–Crippen LogP) is 3.92. The van der Waals surface area contributed by atoms with Gasteiger partial charge in [-0.15, -0.1) is 0 Å². The smallest absolute Gasteiger partial charge is 0.261 e. The van der Waals surface area contributed by atoms with E-state index >= 15 is 0 Å². The molecule has 0 atom stereocenters. The van der Waals surface area contributed by atoms with Gasteiger partial charge in [-0.25, -0.2) is 18.7 Å². The molecule has 0 radical (unpaired) electrons. The summed E-state index contributed by atoms with van der Waals surface area (Å²) in [6, 6.07) is 7.90. The Morgan fingerprint density at radius 2 is 1.97 bits per heavy atom. The molecule has 0 aliphatic carbocycles. The first-order valence-electron chi connectivity index (χ1n) is 10.4. The van der Waals surface area contributed by atoms with Crippen molar-refractivity contribution in [1.29, 1.82) is 0 Å². The minimum absolute atomic E-state index is 0.0968. The molecule has 5 rings (SSSR count). The second-order valence-corrected chi connectivity index (χ2v) is 8.16. The molecule has 4 heterocycles.